The lowest BCUT2D eigenvalue weighted by atomic mass is 9.80. The van der Waals surface area contributed by atoms with E-state index < -0.39 is 0 Å². The van der Waals surface area contributed by atoms with Gasteiger partial charge in [0.05, 0.1) is 0 Å². The summed E-state index contributed by atoms with van der Waals surface area (Å²) < 4.78 is 0. The lowest BCUT2D eigenvalue weighted by Gasteiger charge is -2.35. The fourth-order valence-corrected chi connectivity index (χ4v) is 1.41. The third kappa shape index (κ3) is 1.78. The van der Waals surface area contributed by atoms with E-state index in [9.17, 15) is 4.79 Å². The normalized spacial score (nSPS) is 28.4. The number of carbonyl (C=O) groups is 1. The van der Waals surface area contributed by atoms with Crippen molar-refractivity contribution in [3.05, 3.63) is 0 Å². The van der Waals surface area contributed by atoms with Crippen LogP contribution in [0.3, 0.4) is 0 Å². The van der Waals surface area contributed by atoms with E-state index in [4.69, 9.17) is 5.73 Å². The van der Waals surface area contributed by atoms with Crippen LogP contribution in [0.25, 0.3) is 0 Å². The molecule has 12 heavy (non-hydrogen) atoms. The zero-order chi connectivity index (χ0) is 9.30. The van der Waals surface area contributed by atoms with E-state index in [-0.39, 0.29) is 17.9 Å². The van der Waals surface area contributed by atoms with E-state index in [0.717, 1.165) is 12.8 Å². The highest BCUT2D eigenvalue weighted by Gasteiger charge is 2.34. The van der Waals surface area contributed by atoms with Crippen LogP contribution in [0.15, 0.2) is 0 Å². The molecule has 1 amide bonds. The molecular formula is C9H18N2O. The van der Waals surface area contributed by atoms with Gasteiger partial charge < -0.3 is 10.6 Å². The first-order chi connectivity index (χ1) is 5.52. The van der Waals surface area contributed by atoms with Crippen LogP contribution in [-0.4, -0.2) is 29.9 Å². The molecule has 2 N–H and O–H groups in total. The second-order valence-electron chi connectivity index (χ2n) is 3.97. The van der Waals surface area contributed by atoms with Crippen molar-refractivity contribution in [3.8, 4) is 0 Å². The minimum Gasteiger partial charge on any atom is -0.343 e. The number of hydrogen-bond donors (Lipinski definition) is 1. The summed E-state index contributed by atoms with van der Waals surface area (Å²) in [5.74, 6) is 0.457. The van der Waals surface area contributed by atoms with E-state index in [1.807, 2.05) is 20.9 Å². The number of nitrogens with zero attached hydrogens (tertiary/aromatic N) is 1. The molecule has 0 radical (unpaired) electrons. The van der Waals surface area contributed by atoms with Gasteiger partial charge in [0.15, 0.2) is 0 Å². The minimum atomic E-state index is 0.201. The average Bonchev–Trinajstić information content (AvgIpc) is 1.95. The summed E-state index contributed by atoms with van der Waals surface area (Å²) in [5, 5.41) is 0. The number of hydrogen-bond acceptors (Lipinski definition) is 2. The van der Waals surface area contributed by atoms with Crippen molar-refractivity contribution >= 4 is 5.91 Å². The Morgan fingerprint density at radius 3 is 2.33 bits per heavy atom. The Balaban J connectivity index is 2.38. The van der Waals surface area contributed by atoms with Crippen LogP contribution in [0.2, 0.25) is 0 Å². The van der Waals surface area contributed by atoms with E-state index in [1.165, 1.54) is 0 Å². The molecule has 3 heteroatoms. The number of carbonyl (C=O) groups excluding carboxylic acids is 1. The van der Waals surface area contributed by atoms with Gasteiger partial charge in [0.25, 0.3) is 0 Å². The quantitative estimate of drug-likeness (QED) is 0.659. The first-order valence-corrected chi connectivity index (χ1v) is 4.54. The van der Waals surface area contributed by atoms with Crippen molar-refractivity contribution in [2.75, 3.05) is 7.05 Å². The number of rotatable bonds is 2. The smallest absolute Gasteiger partial charge is 0.225 e. The van der Waals surface area contributed by atoms with Crippen LogP contribution in [0.5, 0.6) is 0 Å². The Morgan fingerprint density at radius 1 is 1.50 bits per heavy atom. The maximum absolute atomic E-state index is 11.6. The van der Waals surface area contributed by atoms with Crippen molar-refractivity contribution in [3.63, 3.8) is 0 Å². The molecule has 70 valence electrons. The van der Waals surface area contributed by atoms with Crippen LogP contribution in [0, 0.1) is 5.92 Å². The maximum Gasteiger partial charge on any atom is 0.225 e. The summed E-state index contributed by atoms with van der Waals surface area (Å²) in [6.45, 7) is 4.05. The molecule has 1 rings (SSSR count). The van der Waals surface area contributed by atoms with Gasteiger partial charge in [-0.1, -0.05) is 0 Å². The summed E-state index contributed by atoms with van der Waals surface area (Å²) in [6, 6.07) is 0.564. The molecular weight excluding hydrogens is 152 g/mol. The van der Waals surface area contributed by atoms with E-state index in [2.05, 4.69) is 0 Å². The molecule has 0 spiro atoms. The Labute approximate surface area is 73.9 Å². The van der Waals surface area contributed by atoms with Crippen molar-refractivity contribution in [2.24, 2.45) is 11.7 Å². The van der Waals surface area contributed by atoms with E-state index in [1.54, 1.807) is 4.90 Å². The predicted octanol–water partition coefficient (Wildman–Crippen LogP) is 0.591. The minimum absolute atomic E-state index is 0.201. The van der Waals surface area contributed by atoms with Crippen LogP contribution < -0.4 is 5.73 Å². The van der Waals surface area contributed by atoms with Crippen LogP contribution in [-0.2, 0) is 4.79 Å². The van der Waals surface area contributed by atoms with Crippen molar-refractivity contribution < 1.29 is 4.79 Å². The van der Waals surface area contributed by atoms with E-state index >= 15 is 0 Å². The fourth-order valence-electron chi connectivity index (χ4n) is 1.41. The summed E-state index contributed by atoms with van der Waals surface area (Å²) >= 11 is 0. The van der Waals surface area contributed by atoms with Crippen LogP contribution in [0.1, 0.15) is 26.7 Å². The molecule has 0 unspecified atom stereocenters. The zero-order valence-corrected chi connectivity index (χ0v) is 8.08. The van der Waals surface area contributed by atoms with Gasteiger partial charge in [-0.2, -0.15) is 0 Å². The molecule has 1 saturated carbocycles. The summed E-state index contributed by atoms with van der Waals surface area (Å²) in [4.78, 5) is 13.4. The second kappa shape index (κ2) is 3.44. The fraction of sp³-hybridized carbons (Fsp3) is 0.889. The standard InChI is InChI=1S/C9H18N2O/c1-6(2)11(3)9(12)7-4-8(10)5-7/h6-8H,4-5,10H2,1-3H3. The maximum atomic E-state index is 11.6. The predicted molar refractivity (Wildman–Crippen MR) is 48.6 cm³/mol. The first-order valence-electron chi connectivity index (χ1n) is 4.54. The lowest BCUT2D eigenvalue weighted by Crippen LogP contribution is -2.47. The highest BCUT2D eigenvalue weighted by Crippen LogP contribution is 2.27. The molecule has 0 bridgehead atoms. The number of nitrogens with two attached hydrogens (primary N) is 1. The van der Waals surface area contributed by atoms with Gasteiger partial charge in [-0.3, -0.25) is 4.79 Å². The van der Waals surface area contributed by atoms with Crippen molar-refractivity contribution in [1.82, 2.24) is 4.90 Å². The average molecular weight is 170 g/mol. The van der Waals surface area contributed by atoms with Gasteiger partial charge in [-0.05, 0) is 26.7 Å². The summed E-state index contributed by atoms with van der Waals surface area (Å²) in [7, 11) is 1.86. The van der Waals surface area contributed by atoms with Gasteiger partial charge >= 0.3 is 0 Å². The molecule has 0 heterocycles. The van der Waals surface area contributed by atoms with Crippen LogP contribution >= 0.6 is 0 Å². The molecule has 0 aromatic rings. The summed E-state index contributed by atoms with van der Waals surface area (Å²) in [5.41, 5.74) is 5.61. The van der Waals surface area contributed by atoms with Gasteiger partial charge in [0.2, 0.25) is 5.91 Å². The summed E-state index contributed by atoms with van der Waals surface area (Å²) in [6.07, 6.45) is 1.74. The molecule has 0 aliphatic heterocycles. The molecule has 1 aliphatic rings. The van der Waals surface area contributed by atoms with Gasteiger partial charge in [-0.25, -0.2) is 0 Å². The highest BCUT2D eigenvalue weighted by atomic mass is 16.2. The van der Waals surface area contributed by atoms with Crippen molar-refractivity contribution in [1.29, 1.82) is 0 Å². The van der Waals surface area contributed by atoms with Crippen LogP contribution in [0.4, 0.5) is 0 Å². The van der Waals surface area contributed by atoms with Crippen molar-refractivity contribution in [2.45, 2.75) is 38.8 Å². The second-order valence-corrected chi connectivity index (χ2v) is 3.97. The molecule has 1 aliphatic carbocycles. The Bertz CT molecular complexity index is 173. The largest absolute Gasteiger partial charge is 0.343 e. The first kappa shape index (κ1) is 9.52. The molecule has 0 saturated heterocycles. The van der Waals surface area contributed by atoms with Gasteiger partial charge in [0, 0.05) is 25.0 Å². The molecule has 0 atom stereocenters. The lowest BCUT2D eigenvalue weighted by molar-refractivity contribution is -0.138. The molecule has 0 aromatic heterocycles. The van der Waals surface area contributed by atoms with Gasteiger partial charge in [0.1, 0.15) is 0 Å². The molecule has 1 fully saturated rings. The topological polar surface area (TPSA) is 46.3 Å². The highest BCUT2D eigenvalue weighted by molar-refractivity contribution is 5.79. The Kier molecular flexibility index (Phi) is 2.73. The third-order valence-corrected chi connectivity index (χ3v) is 2.65. The SMILES string of the molecule is CC(C)N(C)C(=O)C1CC(N)C1. The Hall–Kier alpha value is -0.570. The third-order valence-electron chi connectivity index (χ3n) is 2.65. The monoisotopic (exact) mass is 170 g/mol. The number of amides is 1. The van der Waals surface area contributed by atoms with E-state index in [0.29, 0.717) is 6.04 Å². The molecule has 3 nitrogen and oxygen atoms in total. The Morgan fingerprint density at radius 2 is 2.00 bits per heavy atom. The molecule has 0 aromatic carbocycles. The zero-order valence-electron chi connectivity index (χ0n) is 8.08. The van der Waals surface area contributed by atoms with Gasteiger partial charge in [-0.15, -0.1) is 0 Å².